The van der Waals surface area contributed by atoms with Gasteiger partial charge in [-0.3, -0.25) is 9.48 Å². The second-order valence-electron chi connectivity index (χ2n) is 5.47. The molecular formula is C13H24N4O2. The van der Waals surface area contributed by atoms with Crippen molar-refractivity contribution < 1.29 is 9.90 Å². The van der Waals surface area contributed by atoms with Gasteiger partial charge >= 0.3 is 0 Å². The molecular weight excluding hydrogens is 244 g/mol. The Bertz CT molecular complexity index is 403. The average Bonchev–Trinajstić information content (AvgIpc) is 2.84. The minimum atomic E-state index is -0.247. The minimum absolute atomic E-state index is 0.0138. The van der Waals surface area contributed by atoms with E-state index in [4.69, 9.17) is 5.11 Å². The molecule has 0 saturated carbocycles. The number of rotatable bonds is 7. The molecule has 6 heteroatoms. The molecule has 6 nitrogen and oxygen atoms in total. The fourth-order valence-electron chi connectivity index (χ4n) is 1.48. The van der Waals surface area contributed by atoms with E-state index in [9.17, 15) is 4.79 Å². The van der Waals surface area contributed by atoms with Gasteiger partial charge in [0.15, 0.2) is 5.69 Å². The van der Waals surface area contributed by atoms with Crippen molar-refractivity contribution in [2.45, 2.75) is 46.7 Å². The summed E-state index contributed by atoms with van der Waals surface area (Å²) in [6.45, 7) is 8.83. The van der Waals surface area contributed by atoms with Crippen LogP contribution in [0.3, 0.4) is 0 Å². The summed E-state index contributed by atoms with van der Waals surface area (Å²) in [6.07, 6.45) is 2.66. The molecule has 2 atom stereocenters. The Hall–Kier alpha value is -1.43. The maximum atomic E-state index is 11.9. The van der Waals surface area contributed by atoms with Crippen LogP contribution < -0.4 is 5.32 Å². The van der Waals surface area contributed by atoms with Gasteiger partial charge < -0.3 is 10.4 Å². The summed E-state index contributed by atoms with van der Waals surface area (Å²) in [7, 11) is 0. The number of carbonyl (C=O) groups excluding carboxylic acids is 1. The van der Waals surface area contributed by atoms with Crippen molar-refractivity contribution in [2.24, 2.45) is 11.8 Å². The molecule has 108 valence electrons. The summed E-state index contributed by atoms with van der Waals surface area (Å²) in [5.74, 6) is 0.357. The molecule has 1 rings (SSSR count). The lowest BCUT2D eigenvalue weighted by atomic mass is 10.1. The van der Waals surface area contributed by atoms with Crippen LogP contribution in [0.4, 0.5) is 0 Å². The molecule has 0 bridgehead atoms. The average molecular weight is 268 g/mol. The van der Waals surface area contributed by atoms with Crippen LogP contribution in [0.1, 0.15) is 44.6 Å². The van der Waals surface area contributed by atoms with Gasteiger partial charge in [0.2, 0.25) is 0 Å². The number of amides is 1. The standard InChI is InChI=1S/C13H24N4O2/c1-9(2)5-6-17-7-12(15-16-17)13(19)14-11(4)10(3)8-18/h7,9-11,18H,5-6,8H2,1-4H3,(H,14,19). The lowest BCUT2D eigenvalue weighted by Gasteiger charge is -2.18. The van der Waals surface area contributed by atoms with E-state index in [1.54, 1.807) is 10.9 Å². The molecule has 1 heterocycles. The summed E-state index contributed by atoms with van der Waals surface area (Å²) < 4.78 is 1.69. The van der Waals surface area contributed by atoms with Crippen molar-refractivity contribution in [3.63, 3.8) is 0 Å². The van der Waals surface area contributed by atoms with Crippen LogP contribution in [0.25, 0.3) is 0 Å². The maximum Gasteiger partial charge on any atom is 0.273 e. The van der Waals surface area contributed by atoms with E-state index < -0.39 is 0 Å². The van der Waals surface area contributed by atoms with Crippen LogP contribution in [0, 0.1) is 11.8 Å². The Balaban J connectivity index is 2.53. The van der Waals surface area contributed by atoms with E-state index in [1.807, 2.05) is 13.8 Å². The van der Waals surface area contributed by atoms with Gasteiger partial charge in [-0.1, -0.05) is 26.0 Å². The molecule has 2 unspecified atom stereocenters. The molecule has 1 aromatic heterocycles. The molecule has 0 aliphatic heterocycles. The first-order valence-electron chi connectivity index (χ1n) is 6.75. The second-order valence-corrected chi connectivity index (χ2v) is 5.47. The zero-order valence-electron chi connectivity index (χ0n) is 12.1. The number of hydrogen-bond donors (Lipinski definition) is 2. The third-order valence-corrected chi connectivity index (χ3v) is 3.21. The normalized spacial score (nSPS) is 14.4. The summed E-state index contributed by atoms with van der Waals surface area (Å²) in [5, 5.41) is 19.7. The van der Waals surface area contributed by atoms with Crippen molar-refractivity contribution in [3.05, 3.63) is 11.9 Å². The third kappa shape index (κ3) is 4.98. The van der Waals surface area contributed by atoms with Crippen LogP contribution in [0.15, 0.2) is 6.20 Å². The molecule has 1 amide bonds. The highest BCUT2D eigenvalue weighted by molar-refractivity contribution is 5.92. The molecule has 0 saturated heterocycles. The Morgan fingerprint density at radius 1 is 1.42 bits per heavy atom. The van der Waals surface area contributed by atoms with Crippen molar-refractivity contribution in [2.75, 3.05) is 6.61 Å². The fourth-order valence-corrected chi connectivity index (χ4v) is 1.48. The van der Waals surface area contributed by atoms with Crippen molar-refractivity contribution in [1.29, 1.82) is 0 Å². The molecule has 0 fully saturated rings. The predicted molar refractivity (Wildman–Crippen MR) is 72.7 cm³/mol. The number of aliphatic hydroxyl groups excluding tert-OH is 1. The lowest BCUT2D eigenvalue weighted by molar-refractivity contribution is 0.0911. The highest BCUT2D eigenvalue weighted by Crippen LogP contribution is 2.04. The van der Waals surface area contributed by atoms with Gasteiger partial charge in [0.25, 0.3) is 5.91 Å². The summed E-state index contributed by atoms with van der Waals surface area (Å²) in [6, 6.07) is -0.0988. The van der Waals surface area contributed by atoms with Crippen LogP contribution in [-0.4, -0.2) is 38.7 Å². The lowest BCUT2D eigenvalue weighted by Crippen LogP contribution is -2.38. The number of hydrogen-bond acceptors (Lipinski definition) is 4. The highest BCUT2D eigenvalue weighted by Gasteiger charge is 2.17. The largest absolute Gasteiger partial charge is 0.396 e. The Labute approximate surface area is 114 Å². The second kappa shape index (κ2) is 7.23. The van der Waals surface area contributed by atoms with Gasteiger partial charge in [0.05, 0.1) is 6.20 Å². The fraction of sp³-hybridized carbons (Fsp3) is 0.769. The zero-order chi connectivity index (χ0) is 14.4. The van der Waals surface area contributed by atoms with Gasteiger partial charge in [-0.05, 0) is 25.2 Å². The van der Waals surface area contributed by atoms with E-state index in [0.717, 1.165) is 13.0 Å². The van der Waals surface area contributed by atoms with E-state index in [-0.39, 0.29) is 24.5 Å². The van der Waals surface area contributed by atoms with Crippen LogP contribution >= 0.6 is 0 Å². The molecule has 0 spiro atoms. The molecule has 1 aromatic rings. The maximum absolute atomic E-state index is 11.9. The smallest absolute Gasteiger partial charge is 0.273 e. The van der Waals surface area contributed by atoms with Crippen molar-refractivity contribution in [3.8, 4) is 0 Å². The Morgan fingerprint density at radius 3 is 2.68 bits per heavy atom. The number of aryl methyl sites for hydroxylation is 1. The van der Waals surface area contributed by atoms with Gasteiger partial charge in [0, 0.05) is 19.2 Å². The zero-order valence-corrected chi connectivity index (χ0v) is 12.1. The molecule has 0 aliphatic rings. The van der Waals surface area contributed by atoms with E-state index in [1.165, 1.54) is 0 Å². The molecule has 2 N–H and O–H groups in total. The number of aromatic nitrogens is 3. The van der Waals surface area contributed by atoms with E-state index in [0.29, 0.717) is 11.6 Å². The van der Waals surface area contributed by atoms with Crippen molar-refractivity contribution >= 4 is 5.91 Å². The first-order valence-corrected chi connectivity index (χ1v) is 6.75. The van der Waals surface area contributed by atoms with E-state index >= 15 is 0 Å². The van der Waals surface area contributed by atoms with Crippen LogP contribution in [0.5, 0.6) is 0 Å². The van der Waals surface area contributed by atoms with Gasteiger partial charge in [-0.2, -0.15) is 0 Å². The molecule has 19 heavy (non-hydrogen) atoms. The number of nitrogens with one attached hydrogen (secondary N) is 1. The van der Waals surface area contributed by atoms with E-state index in [2.05, 4.69) is 29.5 Å². The monoisotopic (exact) mass is 268 g/mol. The summed E-state index contributed by atoms with van der Waals surface area (Å²) in [4.78, 5) is 11.9. The summed E-state index contributed by atoms with van der Waals surface area (Å²) >= 11 is 0. The molecule has 0 aromatic carbocycles. The topological polar surface area (TPSA) is 80.0 Å². The SMILES string of the molecule is CC(C)CCn1cc(C(=O)NC(C)C(C)CO)nn1. The first kappa shape index (κ1) is 15.6. The quantitative estimate of drug-likeness (QED) is 0.775. The van der Waals surface area contributed by atoms with Crippen molar-refractivity contribution in [1.82, 2.24) is 20.3 Å². The molecule has 0 aliphatic carbocycles. The first-order chi connectivity index (χ1) is 8.93. The van der Waals surface area contributed by atoms with Crippen LogP contribution in [0.2, 0.25) is 0 Å². The minimum Gasteiger partial charge on any atom is -0.396 e. The van der Waals surface area contributed by atoms with Gasteiger partial charge in [0.1, 0.15) is 0 Å². The van der Waals surface area contributed by atoms with Gasteiger partial charge in [-0.25, -0.2) is 0 Å². The number of aliphatic hydroxyl groups is 1. The molecule has 0 radical (unpaired) electrons. The third-order valence-electron chi connectivity index (χ3n) is 3.21. The number of carbonyl (C=O) groups is 1. The Kier molecular flexibility index (Phi) is 5.95. The van der Waals surface area contributed by atoms with Gasteiger partial charge in [-0.15, -0.1) is 5.10 Å². The summed E-state index contributed by atoms with van der Waals surface area (Å²) in [5.41, 5.74) is 0.320. The van der Waals surface area contributed by atoms with Crippen LogP contribution in [-0.2, 0) is 6.54 Å². The highest BCUT2D eigenvalue weighted by atomic mass is 16.3. The predicted octanol–water partition coefficient (Wildman–Crippen LogP) is 1.07. The Morgan fingerprint density at radius 2 is 2.11 bits per heavy atom. The number of nitrogens with zero attached hydrogens (tertiary/aromatic N) is 3.